The molecule has 0 unspecified atom stereocenters. The summed E-state index contributed by atoms with van der Waals surface area (Å²) < 4.78 is 5.12. The zero-order chi connectivity index (χ0) is 13.7. The maximum atomic E-state index is 11.2. The molecule has 0 heterocycles. The summed E-state index contributed by atoms with van der Waals surface area (Å²) in [5.41, 5.74) is -0.397. The number of nitrogens with one attached hydrogen (secondary N) is 1. The van der Waals surface area contributed by atoms with Crippen LogP contribution in [0.3, 0.4) is 0 Å². The van der Waals surface area contributed by atoms with Gasteiger partial charge in [0.25, 0.3) is 0 Å². The molecule has 0 spiro atoms. The molecule has 0 saturated heterocycles. The van der Waals surface area contributed by atoms with Crippen LogP contribution in [0.5, 0.6) is 0 Å². The van der Waals surface area contributed by atoms with Gasteiger partial charge in [0.1, 0.15) is 5.60 Å². The number of hydrogen-bond donors (Lipinski definition) is 1. The SMILES string of the molecule is CC.CCCCCCCNC(=O)OC(C)(C)C. The van der Waals surface area contributed by atoms with Crippen molar-refractivity contribution in [2.75, 3.05) is 6.54 Å². The van der Waals surface area contributed by atoms with Crippen molar-refractivity contribution >= 4 is 6.09 Å². The summed E-state index contributed by atoms with van der Waals surface area (Å²) in [7, 11) is 0. The second kappa shape index (κ2) is 11.7. The zero-order valence-corrected chi connectivity index (χ0v) is 12.6. The van der Waals surface area contributed by atoms with Crippen LogP contribution in [0, 0.1) is 0 Å². The number of alkyl carbamates (subject to hydrolysis) is 1. The summed E-state index contributed by atoms with van der Waals surface area (Å²) in [6.45, 7) is 12.5. The molecule has 0 aliphatic heterocycles. The first-order valence-corrected chi connectivity index (χ1v) is 6.92. The number of amides is 1. The number of rotatable bonds is 6. The molecule has 0 aliphatic rings. The monoisotopic (exact) mass is 245 g/mol. The van der Waals surface area contributed by atoms with Crippen LogP contribution in [0.15, 0.2) is 0 Å². The van der Waals surface area contributed by atoms with E-state index in [2.05, 4.69) is 12.2 Å². The molecule has 0 fully saturated rings. The third-order valence-electron chi connectivity index (χ3n) is 1.95. The molecule has 0 aromatic carbocycles. The minimum atomic E-state index is -0.397. The lowest BCUT2D eigenvalue weighted by Gasteiger charge is -2.19. The Kier molecular flexibility index (Phi) is 12.9. The summed E-state index contributed by atoms with van der Waals surface area (Å²) >= 11 is 0. The molecule has 17 heavy (non-hydrogen) atoms. The van der Waals surface area contributed by atoms with Gasteiger partial charge in [0.05, 0.1) is 0 Å². The van der Waals surface area contributed by atoms with Gasteiger partial charge < -0.3 is 10.1 Å². The molecule has 0 aliphatic carbocycles. The molecule has 1 N–H and O–H groups in total. The van der Waals surface area contributed by atoms with Gasteiger partial charge in [-0.3, -0.25) is 0 Å². The molecular weight excluding hydrogens is 214 g/mol. The van der Waals surface area contributed by atoms with Crippen LogP contribution < -0.4 is 5.32 Å². The fourth-order valence-corrected chi connectivity index (χ4v) is 1.23. The van der Waals surface area contributed by atoms with Gasteiger partial charge in [-0.2, -0.15) is 0 Å². The molecular formula is C14H31NO2. The van der Waals surface area contributed by atoms with Crippen LogP contribution in [0.4, 0.5) is 4.79 Å². The molecule has 0 saturated carbocycles. The summed E-state index contributed by atoms with van der Waals surface area (Å²) in [5.74, 6) is 0. The van der Waals surface area contributed by atoms with Gasteiger partial charge in [0.15, 0.2) is 0 Å². The van der Waals surface area contributed by atoms with Crippen molar-refractivity contribution < 1.29 is 9.53 Å². The predicted molar refractivity (Wildman–Crippen MR) is 74.3 cm³/mol. The predicted octanol–water partition coefficient (Wildman–Crippen LogP) is 4.51. The van der Waals surface area contributed by atoms with Crippen molar-refractivity contribution in [1.82, 2.24) is 5.32 Å². The number of ether oxygens (including phenoxy) is 1. The molecule has 0 rings (SSSR count). The second-order valence-electron chi connectivity index (χ2n) is 4.84. The summed E-state index contributed by atoms with van der Waals surface area (Å²) in [6.07, 6.45) is 5.71. The standard InChI is InChI=1S/C12H25NO2.C2H6/c1-5-6-7-8-9-10-13-11(14)15-12(2,3)4;1-2/h5-10H2,1-4H3,(H,13,14);1-2H3. The summed E-state index contributed by atoms with van der Waals surface area (Å²) in [4.78, 5) is 11.2. The van der Waals surface area contributed by atoms with E-state index in [0.29, 0.717) is 0 Å². The summed E-state index contributed by atoms with van der Waals surface area (Å²) in [6, 6.07) is 0. The molecule has 3 nitrogen and oxygen atoms in total. The Hall–Kier alpha value is -0.730. The third kappa shape index (κ3) is 17.9. The van der Waals surface area contributed by atoms with Crippen molar-refractivity contribution in [3.8, 4) is 0 Å². The van der Waals surface area contributed by atoms with Crippen LogP contribution in [-0.2, 0) is 4.74 Å². The minimum absolute atomic E-state index is 0.307. The highest BCUT2D eigenvalue weighted by Gasteiger charge is 2.15. The molecule has 1 amide bonds. The maximum Gasteiger partial charge on any atom is 0.407 e. The lowest BCUT2D eigenvalue weighted by molar-refractivity contribution is 0.0527. The van der Waals surface area contributed by atoms with E-state index in [1.807, 2.05) is 34.6 Å². The molecule has 0 atom stereocenters. The number of carbonyl (C=O) groups excluding carboxylic acids is 1. The first-order valence-electron chi connectivity index (χ1n) is 6.92. The van der Waals surface area contributed by atoms with Crippen molar-refractivity contribution in [3.63, 3.8) is 0 Å². The Labute approximate surface area is 107 Å². The van der Waals surface area contributed by atoms with Gasteiger partial charge in [0.2, 0.25) is 0 Å². The molecule has 0 bridgehead atoms. The van der Waals surface area contributed by atoms with Gasteiger partial charge in [-0.15, -0.1) is 0 Å². The highest BCUT2D eigenvalue weighted by molar-refractivity contribution is 5.67. The molecule has 104 valence electrons. The highest BCUT2D eigenvalue weighted by Crippen LogP contribution is 2.06. The van der Waals surface area contributed by atoms with Gasteiger partial charge >= 0.3 is 6.09 Å². The fourth-order valence-electron chi connectivity index (χ4n) is 1.23. The first kappa shape index (κ1) is 18.6. The lowest BCUT2D eigenvalue weighted by Crippen LogP contribution is -2.32. The van der Waals surface area contributed by atoms with E-state index in [1.54, 1.807) is 0 Å². The molecule has 0 radical (unpaired) electrons. The Balaban J connectivity index is 0. The highest BCUT2D eigenvalue weighted by atomic mass is 16.6. The molecule has 0 aromatic rings. The normalized spacial score (nSPS) is 10.2. The van der Waals surface area contributed by atoms with E-state index in [9.17, 15) is 4.79 Å². The largest absolute Gasteiger partial charge is 0.444 e. The summed E-state index contributed by atoms with van der Waals surface area (Å²) in [5, 5.41) is 2.75. The van der Waals surface area contributed by atoms with Crippen molar-refractivity contribution in [3.05, 3.63) is 0 Å². The van der Waals surface area contributed by atoms with Crippen molar-refractivity contribution in [2.45, 2.75) is 79.2 Å². The van der Waals surface area contributed by atoms with E-state index >= 15 is 0 Å². The average Bonchev–Trinajstić information content (AvgIpc) is 2.23. The van der Waals surface area contributed by atoms with Crippen LogP contribution in [0.2, 0.25) is 0 Å². The third-order valence-corrected chi connectivity index (χ3v) is 1.95. The van der Waals surface area contributed by atoms with Crippen LogP contribution in [-0.4, -0.2) is 18.2 Å². The van der Waals surface area contributed by atoms with E-state index < -0.39 is 5.60 Å². The second-order valence-corrected chi connectivity index (χ2v) is 4.84. The van der Waals surface area contributed by atoms with Gasteiger partial charge in [0, 0.05) is 6.54 Å². The van der Waals surface area contributed by atoms with Crippen LogP contribution >= 0.6 is 0 Å². The Morgan fingerprint density at radius 3 is 2.06 bits per heavy atom. The van der Waals surface area contributed by atoms with Gasteiger partial charge in [-0.25, -0.2) is 4.79 Å². The topological polar surface area (TPSA) is 38.3 Å². The molecule has 3 heteroatoms. The van der Waals surface area contributed by atoms with Gasteiger partial charge in [-0.05, 0) is 27.2 Å². The molecule has 0 aromatic heterocycles. The van der Waals surface area contributed by atoms with Crippen molar-refractivity contribution in [2.24, 2.45) is 0 Å². The smallest absolute Gasteiger partial charge is 0.407 e. The Morgan fingerprint density at radius 2 is 1.59 bits per heavy atom. The number of hydrogen-bond acceptors (Lipinski definition) is 2. The van der Waals surface area contributed by atoms with Crippen LogP contribution in [0.1, 0.15) is 73.6 Å². The Bertz CT molecular complexity index is 174. The van der Waals surface area contributed by atoms with E-state index in [1.165, 1.54) is 25.7 Å². The maximum absolute atomic E-state index is 11.2. The fraction of sp³-hybridized carbons (Fsp3) is 0.929. The van der Waals surface area contributed by atoms with Gasteiger partial charge in [-0.1, -0.05) is 46.5 Å². The van der Waals surface area contributed by atoms with E-state index in [0.717, 1.165) is 13.0 Å². The lowest BCUT2D eigenvalue weighted by atomic mass is 10.1. The van der Waals surface area contributed by atoms with Crippen LogP contribution in [0.25, 0.3) is 0 Å². The van der Waals surface area contributed by atoms with Crippen molar-refractivity contribution in [1.29, 1.82) is 0 Å². The first-order chi connectivity index (χ1) is 7.95. The van der Waals surface area contributed by atoms with E-state index in [4.69, 9.17) is 4.74 Å². The quantitative estimate of drug-likeness (QED) is 0.699. The number of unbranched alkanes of at least 4 members (excludes halogenated alkanes) is 4. The minimum Gasteiger partial charge on any atom is -0.444 e. The zero-order valence-electron chi connectivity index (χ0n) is 12.6. The van der Waals surface area contributed by atoms with E-state index in [-0.39, 0.29) is 6.09 Å². The Morgan fingerprint density at radius 1 is 1.06 bits per heavy atom. The number of carbonyl (C=O) groups is 1. The average molecular weight is 245 g/mol.